The Bertz CT molecular complexity index is 5610. The highest BCUT2D eigenvalue weighted by Crippen LogP contribution is 2.53. The predicted molar refractivity (Wildman–Crippen MR) is 427 cm³/mol. The minimum absolute atomic E-state index is 0.0182. The van der Waals surface area contributed by atoms with Crippen molar-refractivity contribution in [3.63, 3.8) is 0 Å². The number of furan rings is 4. The van der Waals surface area contributed by atoms with Crippen molar-refractivity contribution in [2.24, 2.45) is 0 Å². The van der Waals surface area contributed by atoms with Crippen LogP contribution in [0.1, 0.15) is 88.6 Å². The average Bonchev–Trinajstić information content (AvgIpc) is 1.58. The average molecular weight is 1380 g/mol. The quantitative estimate of drug-likeness (QED) is 0.156. The van der Waals surface area contributed by atoms with E-state index in [2.05, 4.69) is 138 Å². The number of aromatic nitrogens is 5. The van der Waals surface area contributed by atoms with E-state index in [1.54, 1.807) is 43.1 Å². The minimum Gasteiger partial charge on any atom is -0.435 e. The smallest absolute Gasteiger partial charge is 0.227 e. The Kier molecular flexibility index (Phi) is 13.8. The number of anilines is 12. The normalized spacial score (nSPS) is 18.3. The van der Waals surface area contributed by atoms with E-state index in [-0.39, 0.29) is 12.3 Å². The topological polar surface area (TPSA) is 143 Å². The van der Waals surface area contributed by atoms with E-state index in [9.17, 15) is 0 Å². The number of pyridine rings is 5. The van der Waals surface area contributed by atoms with Crippen molar-refractivity contribution < 1.29 is 28.6 Å². The van der Waals surface area contributed by atoms with Crippen molar-refractivity contribution in [1.29, 1.82) is 0 Å². The molecule has 0 N–H and O–H groups in total. The summed E-state index contributed by atoms with van der Waals surface area (Å²) in [5.74, 6) is 0.607. The number of hydrogen-bond acceptors (Lipinski definition) is 17. The third kappa shape index (κ3) is 10.2. The first kappa shape index (κ1) is 56.5. The molecular weight excluding hydrogens is 1290 g/mol. The molecule has 0 saturated heterocycles. The summed E-state index contributed by atoms with van der Waals surface area (Å²) < 4.78 is 90.4. The monoisotopic (exact) mass is 1380 g/mol. The zero-order valence-electron chi connectivity index (χ0n) is 68.0. The molecule has 0 saturated carbocycles. The second-order valence-electron chi connectivity index (χ2n) is 27.5. The van der Waals surface area contributed by atoms with Crippen molar-refractivity contribution in [1.82, 2.24) is 24.9 Å². The molecule has 4 unspecified atom stereocenters. The van der Waals surface area contributed by atoms with Crippen LogP contribution in [0.3, 0.4) is 0 Å². The summed E-state index contributed by atoms with van der Waals surface area (Å²) in [6.45, 7) is 19.5. The molecule has 0 radical (unpaired) electrons. The van der Waals surface area contributed by atoms with Crippen LogP contribution in [0.4, 0.5) is 68.4 Å². The molecule has 13 heterocycles. The van der Waals surface area contributed by atoms with Crippen LogP contribution in [-0.2, 0) is 0 Å². The molecule has 4 atom stereocenters. The van der Waals surface area contributed by atoms with E-state index in [0.29, 0.717) is 45.6 Å². The molecule has 0 spiro atoms. The molecule has 4 aliphatic rings. The number of hydrogen-bond donors (Lipinski definition) is 0. The molecule has 9 aromatic heterocycles. The van der Waals surface area contributed by atoms with Gasteiger partial charge >= 0.3 is 0 Å². The van der Waals surface area contributed by atoms with E-state index >= 15 is 0 Å². The van der Waals surface area contributed by atoms with Crippen LogP contribution >= 0.6 is 0 Å². The van der Waals surface area contributed by atoms with Gasteiger partial charge in [-0.15, -0.1) is 0 Å². The number of benzene rings is 7. The lowest BCUT2D eigenvalue weighted by molar-refractivity contribution is 0.602. The molecule has 0 amide bonds. The van der Waals surface area contributed by atoms with Crippen LogP contribution in [-0.4, -0.2) is 75.6 Å². The Morgan fingerprint density at radius 3 is 0.942 bits per heavy atom. The van der Waals surface area contributed by atoms with Crippen molar-refractivity contribution >= 4 is 157 Å². The lowest BCUT2D eigenvalue weighted by atomic mass is 10.1. The second kappa shape index (κ2) is 25.4. The van der Waals surface area contributed by atoms with Gasteiger partial charge in [0.15, 0.2) is 28.1 Å². The molecule has 16 aromatic rings. The summed E-state index contributed by atoms with van der Waals surface area (Å²) in [5, 5.41) is 7.98. The van der Waals surface area contributed by atoms with Gasteiger partial charge in [0, 0.05) is 108 Å². The first-order valence-corrected chi connectivity index (χ1v) is 35.1. The Balaban J connectivity index is 0.000000108. The van der Waals surface area contributed by atoms with Crippen LogP contribution < -0.4 is 39.2 Å². The Morgan fingerprint density at radius 1 is 0.308 bits per heavy atom. The van der Waals surface area contributed by atoms with Gasteiger partial charge in [-0.25, -0.2) is 24.9 Å². The number of aryl methyl sites for hydroxylation is 4. The maximum absolute atomic E-state index is 8.71. The third-order valence-electron chi connectivity index (χ3n) is 20.7. The molecule has 20 rings (SSSR count). The zero-order chi connectivity index (χ0) is 78.5. The summed E-state index contributed by atoms with van der Waals surface area (Å²) in [5.41, 5.74) is 20.1. The van der Waals surface area contributed by atoms with Crippen molar-refractivity contribution in [2.75, 3.05) is 53.2 Å². The molecule has 4 aliphatic heterocycles. The molecule has 17 heteroatoms. The maximum Gasteiger partial charge on any atom is 0.227 e. The number of nitrogens with zero attached hydrogens (tertiary/aromatic N) is 13. The third-order valence-corrected chi connectivity index (χ3v) is 20.7. The summed E-state index contributed by atoms with van der Waals surface area (Å²) >= 11 is 0. The highest BCUT2D eigenvalue weighted by atomic mass is 16.4. The van der Waals surface area contributed by atoms with Crippen LogP contribution in [0, 0.1) is 27.7 Å². The van der Waals surface area contributed by atoms with E-state index in [0.717, 1.165) is 133 Å². The van der Waals surface area contributed by atoms with Gasteiger partial charge in [-0.1, -0.05) is 84.9 Å². The summed E-state index contributed by atoms with van der Waals surface area (Å²) in [7, 11) is 0. The minimum atomic E-state index is -2.29. The Morgan fingerprint density at radius 2 is 0.587 bits per heavy atom. The van der Waals surface area contributed by atoms with Gasteiger partial charge in [0.1, 0.15) is 24.7 Å². The van der Waals surface area contributed by atoms with Crippen molar-refractivity contribution in [3.05, 3.63) is 235 Å². The first-order chi connectivity index (χ1) is 53.5. The molecule has 17 nitrogen and oxygen atoms in total. The molecule has 0 bridgehead atoms. The van der Waals surface area contributed by atoms with Crippen LogP contribution in [0.25, 0.3) is 88.3 Å². The first-order valence-electron chi connectivity index (χ1n) is 39.1. The molecular formula is C87H83N13O4. The summed E-state index contributed by atoms with van der Waals surface area (Å²) in [6, 6.07) is 58.6. The maximum atomic E-state index is 8.71. The van der Waals surface area contributed by atoms with Crippen LogP contribution in [0.2, 0.25) is 0 Å². The molecule has 7 aromatic carbocycles. The number of para-hydroxylation sites is 6. The SMILES string of the molecule is [2H]C(C)(C)N1c2ccccc2N(c2c(C)ccc3c2oc2ncccc23)C1C.[2H]C(C)(C)N1c2ccccc2N(c2c(C)ccc3c2oc2ncccc23)C1C.[2H]C([2H])([2H])N1c2ccccc2N(c2c(C)ccc3c2oc2ncccc23)C1C.[2H]C([2H])([2H])N1c2cccnc2N(c2c(C)ccc3c2oc2ncccc23)C1C. The van der Waals surface area contributed by atoms with E-state index in [4.69, 9.17) is 28.6 Å². The van der Waals surface area contributed by atoms with Gasteiger partial charge in [0.05, 0.1) is 65.3 Å². The van der Waals surface area contributed by atoms with E-state index in [1.807, 2.05) is 169 Å². The molecule has 0 aliphatic carbocycles. The Hall–Kier alpha value is -12.1. The fraction of sp³-hybridized carbons (Fsp3) is 0.230. The lowest BCUT2D eigenvalue weighted by Crippen LogP contribution is -2.42. The predicted octanol–water partition coefficient (Wildman–Crippen LogP) is 21.8. The van der Waals surface area contributed by atoms with Gasteiger partial charge in [0.2, 0.25) is 22.9 Å². The fourth-order valence-corrected chi connectivity index (χ4v) is 16.1. The van der Waals surface area contributed by atoms with Crippen molar-refractivity contribution in [3.8, 4) is 0 Å². The zero-order valence-corrected chi connectivity index (χ0v) is 60.0. The highest BCUT2D eigenvalue weighted by Gasteiger charge is 2.41. The van der Waals surface area contributed by atoms with Gasteiger partial charge in [-0.3, -0.25) is 0 Å². The molecule has 520 valence electrons. The number of rotatable bonds is 6. The lowest BCUT2D eigenvalue weighted by Gasteiger charge is -2.33. The largest absolute Gasteiger partial charge is 0.435 e. The fourth-order valence-electron chi connectivity index (χ4n) is 16.1. The number of fused-ring (bicyclic) bond motifs is 16. The second-order valence-corrected chi connectivity index (χ2v) is 27.5. The van der Waals surface area contributed by atoms with Crippen molar-refractivity contribution in [2.45, 2.75) is 120 Å². The van der Waals surface area contributed by atoms with E-state index in [1.165, 1.54) is 9.80 Å². The summed E-state index contributed by atoms with van der Waals surface area (Å²) in [4.78, 5) is 37.8. The van der Waals surface area contributed by atoms with Gasteiger partial charge in [-0.2, -0.15) is 0 Å². The van der Waals surface area contributed by atoms with Gasteiger partial charge in [0.25, 0.3) is 0 Å². The molecule has 104 heavy (non-hydrogen) atoms. The Labute approximate surface area is 615 Å². The molecule has 0 fully saturated rings. The van der Waals surface area contributed by atoms with Crippen LogP contribution in [0.5, 0.6) is 0 Å². The van der Waals surface area contributed by atoms with Crippen LogP contribution in [0.15, 0.2) is 231 Å². The van der Waals surface area contributed by atoms with Gasteiger partial charge in [-0.05, 0) is 202 Å². The van der Waals surface area contributed by atoms with E-state index < -0.39 is 38.3 Å². The highest BCUT2D eigenvalue weighted by molar-refractivity contribution is 6.14. The van der Waals surface area contributed by atoms with Gasteiger partial charge < -0.3 is 56.9 Å². The standard InChI is InChI=1S/2C23H23N3O.C21H19N3O.C20H18N4O/c2*1-14(2)25-16(4)26(20-10-6-5-9-19(20)25)21-15(3)11-12-17-18-8-7-13-24-23(18)27-22(17)21;1-13-10-11-15-16-7-6-12-22-21(16)25-20(15)19(13)24-14(2)23(3)17-8-4-5-9-18(17)24;1-12-8-9-14-15-6-4-11-22-20(15)25-18(14)17(12)24-13(2)23(3)16-7-5-10-21-19(16)24/h2*5-14,16H,1-4H3;4-12,14H,1-3H3;4-11,13H,1-3H3/i2*14D;2*3D3. The summed E-state index contributed by atoms with van der Waals surface area (Å²) in [6.07, 6.45) is 7.72.